The zero-order valence-electron chi connectivity index (χ0n) is 16.1. The molecule has 6 rings (SSSR count). The molecule has 142 valence electrons. The molecule has 0 fully saturated rings. The lowest BCUT2D eigenvalue weighted by Crippen LogP contribution is -2.11. The van der Waals surface area contributed by atoms with Crippen LogP contribution < -0.4 is 0 Å². The van der Waals surface area contributed by atoms with Crippen LogP contribution in [0.4, 0.5) is 0 Å². The van der Waals surface area contributed by atoms with Crippen molar-refractivity contribution in [2.45, 2.75) is 6.54 Å². The maximum absolute atomic E-state index is 13.2. The molecule has 0 aliphatic carbocycles. The molecule has 2 heterocycles. The molecule has 0 N–H and O–H groups in total. The third-order valence-corrected chi connectivity index (χ3v) is 5.63. The van der Waals surface area contributed by atoms with Crippen LogP contribution in [0.15, 0.2) is 91.0 Å². The molecule has 4 nitrogen and oxygen atoms in total. The molecule has 0 bridgehead atoms. The molecule has 0 amide bonds. The monoisotopic (exact) mass is 387 g/mol. The Morgan fingerprint density at radius 3 is 2.30 bits per heavy atom. The van der Waals surface area contributed by atoms with E-state index in [0.29, 0.717) is 5.56 Å². The van der Waals surface area contributed by atoms with Crippen molar-refractivity contribution in [3.8, 4) is 0 Å². The Morgan fingerprint density at radius 2 is 1.43 bits per heavy atom. The van der Waals surface area contributed by atoms with Gasteiger partial charge in [-0.05, 0) is 35.0 Å². The van der Waals surface area contributed by atoms with Gasteiger partial charge in [-0.1, -0.05) is 66.7 Å². The molecule has 30 heavy (non-hydrogen) atoms. The fourth-order valence-corrected chi connectivity index (χ4v) is 4.14. The molecule has 0 aliphatic heterocycles. The van der Waals surface area contributed by atoms with E-state index < -0.39 is 0 Å². The van der Waals surface area contributed by atoms with Crippen molar-refractivity contribution < 1.29 is 4.79 Å². The van der Waals surface area contributed by atoms with Crippen molar-refractivity contribution in [1.82, 2.24) is 14.5 Å². The van der Waals surface area contributed by atoms with Gasteiger partial charge >= 0.3 is 0 Å². The van der Waals surface area contributed by atoms with Crippen LogP contribution >= 0.6 is 0 Å². The van der Waals surface area contributed by atoms with Crippen LogP contribution in [-0.4, -0.2) is 20.3 Å². The summed E-state index contributed by atoms with van der Waals surface area (Å²) in [6, 6.07) is 29.8. The van der Waals surface area contributed by atoms with Crippen LogP contribution in [0.25, 0.3) is 43.9 Å². The molecule has 0 atom stereocenters. The molecule has 2 aromatic heterocycles. The van der Waals surface area contributed by atoms with Gasteiger partial charge in [0.1, 0.15) is 5.52 Å². The lowest BCUT2D eigenvalue weighted by molar-refractivity contribution is 0.0975. The van der Waals surface area contributed by atoms with E-state index in [1.54, 1.807) is 0 Å². The second kappa shape index (κ2) is 6.49. The normalized spacial score (nSPS) is 11.6. The highest BCUT2D eigenvalue weighted by Crippen LogP contribution is 2.28. The molecule has 0 radical (unpaired) electrons. The maximum atomic E-state index is 13.2. The van der Waals surface area contributed by atoms with E-state index in [9.17, 15) is 4.79 Å². The highest BCUT2D eigenvalue weighted by molar-refractivity contribution is 6.08. The van der Waals surface area contributed by atoms with Crippen LogP contribution in [0.3, 0.4) is 0 Å². The number of aromatic nitrogens is 3. The Kier molecular flexibility index (Phi) is 3.65. The van der Waals surface area contributed by atoms with Crippen molar-refractivity contribution in [2.75, 3.05) is 0 Å². The topological polar surface area (TPSA) is 47.8 Å². The summed E-state index contributed by atoms with van der Waals surface area (Å²) in [7, 11) is 0. The summed E-state index contributed by atoms with van der Waals surface area (Å²) in [6.07, 6.45) is 0. The number of carbonyl (C=O) groups excluding carboxylic acids is 1. The summed E-state index contributed by atoms with van der Waals surface area (Å²) in [4.78, 5) is 23.0. The molecule has 0 saturated heterocycles. The maximum Gasteiger partial charge on any atom is 0.182 e. The number of hydrogen-bond donors (Lipinski definition) is 0. The van der Waals surface area contributed by atoms with Crippen LogP contribution in [0.2, 0.25) is 0 Å². The number of ketones is 1. The van der Waals surface area contributed by atoms with Gasteiger partial charge in [-0.15, -0.1) is 0 Å². The zero-order valence-corrected chi connectivity index (χ0v) is 16.1. The van der Waals surface area contributed by atoms with Gasteiger partial charge in [-0.2, -0.15) is 0 Å². The first-order valence-electron chi connectivity index (χ1n) is 9.94. The van der Waals surface area contributed by atoms with E-state index in [4.69, 9.17) is 9.97 Å². The summed E-state index contributed by atoms with van der Waals surface area (Å²) in [5, 5.41) is 3.21. The lowest BCUT2D eigenvalue weighted by Gasteiger charge is -2.08. The van der Waals surface area contributed by atoms with Gasteiger partial charge < -0.3 is 4.57 Å². The number of fused-ring (bicyclic) bond motifs is 5. The summed E-state index contributed by atoms with van der Waals surface area (Å²) >= 11 is 0. The van der Waals surface area contributed by atoms with Gasteiger partial charge in [0.05, 0.1) is 23.1 Å². The Balaban J connectivity index is 1.53. The third kappa shape index (κ3) is 2.58. The number of hydrogen-bond acceptors (Lipinski definition) is 3. The Morgan fingerprint density at radius 1 is 0.733 bits per heavy atom. The smallest absolute Gasteiger partial charge is 0.182 e. The number of rotatable bonds is 3. The second-order valence-corrected chi connectivity index (χ2v) is 7.47. The minimum absolute atomic E-state index is 0.0540. The van der Waals surface area contributed by atoms with E-state index in [1.807, 2.05) is 89.5 Å². The number of carbonyl (C=O) groups is 1. The number of benzene rings is 4. The highest BCUT2D eigenvalue weighted by atomic mass is 16.1. The Labute approximate surface area is 172 Å². The Hall–Kier alpha value is -4.05. The van der Waals surface area contributed by atoms with E-state index in [1.165, 1.54) is 0 Å². The first-order chi connectivity index (χ1) is 14.8. The molecule has 6 aromatic rings. The largest absolute Gasteiger partial charge is 0.316 e. The van der Waals surface area contributed by atoms with Crippen molar-refractivity contribution in [3.05, 3.63) is 96.6 Å². The van der Waals surface area contributed by atoms with Gasteiger partial charge in [0.25, 0.3) is 0 Å². The van der Waals surface area contributed by atoms with Crippen molar-refractivity contribution in [3.63, 3.8) is 0 Å². The summed E-state index contributed by atoms with van der Waals surface area (Å²) in [6.45, 7) is 0.218. The number of nitrogens with zero attached hydrogens (tertiary/aromatic N) is 3. The van der Waals surface area contributed by atoms with Crippen LogP contribution in [0, 0.1) is 0 Å². The second-order valence-electron chi connectivity index (χ2n) is 7.47. The molecule has 4 heteroatoms. The molecule has 0 spiro atoms. The number of Topliss-reactive ketones (excluding diaryl/α,β-unsaturated/α-hetero) is 1. The first-order valence-corrected chi connectivity index (χ1v) is 9.94. The van der Waals surface area contributed by atoms with Gasteiger partial charge in [-0.25, -0.2) is 9.97 Å². The van der Waals surface area contributed by atoms with Crippen LogP contribution in [0.5, 0.6) is 0 Å². The van der Waals surface area contributed by atoms with Crippen LogP contribution in [0.1, 0.15) is 10.4 Å². The fourth-order valence-electron chi connectivity index (χ4n) is 4.14. The SMILES string of the molecule is O=C(Cn1c2ccccc2c2nc3ccccc3nc21)c1ccc2ccccc2c1. The van der Waals surface area contributed by atoms with E-state index in [2.05, 4.69) is 6.07 Å². The molecular weight excluding hydrogens is 370 g/mol. The van der Waals surface area contributed by atoms with E-state index >= 15 is 0 Å². The minimum atomic E-state index is 0.0540. The Bertz CT molecular complexity index is 1600. The highest BCUT2D eigenvalue weighted by Gasteiger charge is 2.17. The van der Waals surface area contributed by atoms with Crippen LogP contribution in [-0.2, 0) is 6.54 Å². The minimum Gasteiger partial charge on any atom is -0.316 e. The summed E-state index contributed by atoms with van der Waals surface area (Å²) in [5.74, 6) is 0.0540. The molecular formula is C26H17N3O. The molecule has 0 unspecified atom stereocenters. The van der Waals surface area contributed by atoms with E-state index in [0.717, 1.165) is 43.9 Å². The van der Waals surface area contributed by atoms with Crippen molar-refractivity contribution in [2.24, 2.45) is 0 Å². The standard InChI is InChI=1S/C26H17N3O/c30-24(19-14-13-17-7-1-2-8-18(17)15-19)16-29-23-12-6-3-9-20(23)25-26(29)28-22-11-5-4-10-21(22)27-25/h1-15H,16H2. The fraction of sp³-hybridized carbons (Fsp3) is 0.0385. The predicted molar refractivity (Wildman–Crippen MR) is 121 cm³/mol. The van der Waals surface area contributed by atoms with Gasteiger partial charge in [-0.3, -0.25) is 4.79 Å². The van der Waals surface area contributed by atoms with Gasteiger partial charge in [0.15, 0.2) is 11.4 Å². The molecule has 4 aromatic carbocycles. The van der Waals surface area contributed by atoms with E-state index in [-0.39, 0.29) is 12.3 Å². The summed E-state index contributed by atoms with van der Waals surface area (Å²) < 4.78 is 1.99. The predicted octanol–water partition coefficient (Wildman–Crippen LogP) is 5.77. The van der Waals surface area contributed by atoms with Gasteiger partial charge in [0.2, 0.25) is 0 Å². The lowest BCUT2D eigenvalue weighted by atomic mass is 10.0. The molecule has 0 saturated carbocycles. The summed E-state index contributed by atoms with van der Waals surface area (Å²) in [5.41, 5.74) is 4.92. The zero-order chi connectivity index (χ0) is 20.1. The average molecular weight is 387 g/mol. The molecule has 0 aliphatic rings. The number of para-hydroxylation sites is 3. The average Bonchev–Trinajstić information content (AvgIpc) is 3.10. The first kappa shape index (κ1) is 16.9. The third-order valence-electron chi connectivity index (χ3n) is 5.63. The quantitative estimate of drug-likeness (QED) is 0.362. The van der Waals surface area contributed by atoms with Gasteiger partial charge in [0, 0.05) is 10.9 Å². The van der Waals surface area contributed by atoms with Crippen molar-refractivity contribution >= 4 is 49.7 Å². The van der Waals surface area contributed by atoms with Crippen molar-refractivity contribution in [1.29, 1.82) is 0 Å².